The van der Waals surface area contributed by atoms with Crippen LogP contribution in [0.15, 0.2) is 0 Å². The topological polar surface area (TPSA) is 67.4 Å². The molecule has 1 rings (SSSR count). The highest BCUT2D eigenvalue weighted by atomic mass is 16.5. The maximum atomic E-state index is 12.2. The van der Waals surface area contributed by atoms with Crippen molar-refractivity contribution in [1.82, 2.24) is 10.6 Å². The average molecular weight is 256 g/mol. The van der Waals surface area contributed by atoms with Gasteiger partial charge in [-0.2, -0.15) is 0 Å². The maximum absolute atomic E-state index is 12.2. The molecule has 1 aliphatic heterocycles. The van der Waals surface area contributed by atoms with Crippen LogP contribution >= 0.6 is 0 Å². The molecule has 1 amide bonds. The van der Waals surface area contributed by atoms with Crippen LogP contribution in [0, 0.1) is 5.41 Å². The molecule has 5 heteroatoms. The lowest BCUT2D eigenvalue weighted by Crippen LogP contribution is -2.42. The summed E-state index contributed by atoms with van der Waals surface area (Å²) in [5.41, 5.74) is -0.236. The second kappa shape index (κ2) is 7.36. The van der Waals surface area contributed by atoms with Crippen molar-refractivity contribution in [1.29, 1.82) is 0 Å². The van der Waals surface area contributed by atoms with E-state index in [1.54, 1.807) is 0 Å². The lowest BCUT2D eigenvalue weighted by molar-refractivity contribution is -0.141. The fourth-order valence-electron chi connectivity index (χ4n) is 2.47. The fourth-order valence-corrected chi connectivity index (χ4v) is 2.47. The molecule has 0 bridgehead atoms. The zero-order valence-corrected chi connectivity index (χ0v) is 11.4. The minimum Gasteiger partial charge on any atom is -0.469 e. The first-order valence-corrected chi connectivity index (χ1v) is 6.70. The van der Waals surface area contributed by atoms with Crippen LogP contribution in [0.5, 0.6) is 0 Å². The second-order valence-electron chi connectivity index (χ2n) is 4.89. The van der Waals surface area contributed by atoms with Gasteiger partial charge in [0, 0.05) is 19.5 Å². The smallest absolute Gasteiger partial charge is 0.305 e. The SMILES string of the molecule is CCCC1(C(=O)NCCCC(=O)OC)CCNC1. The molecule has 0 aromatic heterocycles. The van der Waals surface area contributed by atoms with Gasteiger partial charge in [-0.15, -0.1) is 0 Å². The number of esters is 1. The number of ether oxygens (including phenoxy) is 1. The van der Waals surface area contributed by atoms with Crippen LogP contribution in [0.4, 0.5) is 0 Å². The molecule has 1 fully saturated rings. The van der Waals surface area contributed by atoms with Gasteiger partial charge in [-0.05, 0) is 25.8 Å². The van der Waals surface area contributed by atoms with Crippen molar-refractivity contribution >= 4 is 11.9 Å². The number of methoxy groups -OCH3 is 1. The fraction of sp³-hybridized carbons (Fsp3) is 0.846. The third-order valence-electron chi connectivity index (χ3n) is 3.52. The first-order chi connectivity index (χ1) is 8.64. The van der Waals surface area contributed by atoms with E-state index in [1.807, 2.05) is 0 Å². The Hall–Kier alpha value is -1.10. The molecular weight excluding hydrogens is 232 g/mol. The van der Waals surface area contributed by atoms with Crippen molar-refractivity contribution < 1.29 is 14.3 Å². The number of hydrogen-bond acceptors (Lipinski definition) is 4. The van der Waals surface area contributed by atoms with E-state index in [2.05, 4.69) is 22.3 Å². The van der Waals surface area contributed by atoms with Crippen molar-refractivity contribution in [2.24, 2.45) is 5.41 Å². The van der Waals surface area contributed by atoms with Crippen LogP contribution < -0.4 is 10.6 Å². The monoisotopic (exact) mass is 256 g/mol. The number of carbonyl (C=O) groups is 2. The van der Waals surface area contributed by atoms with Gasteiger partial charge < -0.3 is 15.4 Å². The number of nitrogens with one attached hydrogen (secondary N) is 2. The van der Waals surface area contributed by atoms with Crippen LogP contribution in [0.25, 0.3) is 0 Å². The van der Waals surface area contributed by atoms with Gasteiger partial charge >= 0.3 is 5.97 Å². The van der Waals surface area contributed by atoms with Crippen molar-refractivity contribution in [3.05, 3.63) is 0 Å². The Morgan fingerprint density at radius 2 is 2.22 bits per heavy atom. The van der Waals surface area contributed by atoms with Crippen LogP contribution in [0.2, 0.25) is 0 Å². The molecule has 1 saturated heterocycles. The van der Waals surface area contributed by atoms with E-state index in [-0.39, 0.29) is 17.3 Å². The summed E-state index contributed by atoms with van der Waals surface area (Å²) in [6.45, 7) is 4.32. The van der Waals surface area contributed by atoms with Gasteiger partial charge in [0.25, 0.3) is 0 Å². The van der Waals surface area contributed by atoms with E-state index >= 15 is 0 Å². The van der Waals surface area contributed by atoms with Gasteiger partial charge in [0.05, 0.1) is 12.5 Å². The molecule has 1 unspecified atom stereocenters. The highest BCUT2D eigenvalue weighted by Crippen LogP contribution is 2.31. The lowest BCUT2D eigenvalue weighted by atomic mass is 9.81. The van der Waals surface area contributed by atoms with Gasteiger partial charge in [0.15, 0.2) is 0 Å². The predicted octanol–water partition coefficient (Wildman–Crippen LogP) is 0.836. The number of hydrogen-bond donors (Lipinski definition) is 2. The van der Waals surface area contributed by atoms with Crippen molar-refractivity contribution in [3.63, 3.8) is 0 Å². The van der Waals surface area contributed by atoms with E-state index in [0.29, 0.717) is 19.4 Å². The highest BCUT2D eigenvalue weighted by Gasteiger charge is 2.39. The summed E-state index contributed by atoms with van der Waals surface area (Å²) in [5, 5.41) is 6.20. The molecule has 1 atom stereocenters. The third kappa shape index (κ3) is 3.98. The third-order valence-corrected chi connectivity index (χ3v) is 3.52. The largest absolute Gasteiger partial charge is 0.469 e. The van der Waals surface area contributed by atoms with E-state index in [9.17, 15) is 9.59 Å². The van der Waals surface area contributed by atoms with Crippen LogP contribution in [0.1, 0.15) is 39.0 Å². The summed E-state index contributed by atoms with van der Waals surface area (Å²) in [6.07, 6.45) is 3.83. The standard InChI is InChI=1S/C13H24N2O3/c1-3-6-13(7-9-14-10-13)12(17)15-8-4-5-11(16)18-2/h14H,3-10H2,1-2H3,(H,15,17). The lowest BCUT2D eigenvalue weighted by Gasteiger charge is -2.26. The van der Waals surface area contributed by atoms with Gasteiger partial charge in [0.1, 0.15) is 0 Å². The molecule has 0 aromatic carbocycles. The Kier molecular flexibility index (Phi) is 6.12. The van der Waals surface area contributed by atoms with Gasteiger partial charge in [-0.3, -0.25) is 9.59 Å². The van der Waals surface area contributed by atoms with E-state index in [1.165, 1.54) is 7.11 Å². The normalized spacial score (nSPS) is 22.8. The molecule has 18 heavy (non-hydrogen) atoms. The van der Waals surface area contributed by atoms with Crippen LogP contribution in [0.3, 0.4) is 0 Å². The van der Waals surface area contributed by atoms with E-state index in [0.717, 1.165) is 32.4 Å². The van der Waals surface area contributed by atoms with Crippen molar-refractivity contribution in [3.8, 4) is 0 Å². The first kappa shape index (κ1) is 15.0. The Morgan fingerprint density at radius 1 is 1.44 bits per heavy atom. The van der Waals surface area contributed by atoms with E-state index < -0.39 is 0 Å². The Bertz CT molecular complexity index is 286. The van der Waals surface area contributed by atoms with Crippen molar-refractivity contribution in [2.45, 2.75) is 39.0 Å². The molecule has 5 nitrogen and oxygen atoms in total. The number of rotatable bonds is 7. The zero-order chi connectivity index (χ0) is 13.4. The van der Waals surface area contributed by atoms with Gasteiger partial charge in [0.2, 0.25) is 5.91 Å². The highest BCUT2D eigenvalue weighted by molar-refractivity contribution is 5.83. The summed E-state index contributed by atoms with van der Waals surface area (Å²) in [5.74, 6) is -0.103. The minimum atomic E-state index is -0.236. The maximum Gasteiger partial charge on any atom is 0.305 e. The molecule has 1 heterocycles. The molecule has 0 spiro atoms. The van der Waals surface area contributed by atoms with Crippen LogP contribution in [-0.4, -0.2) is 38.6 Å². The molecule has 2 N–H and O–H groups in total. The Morgan fingerprint density at radius 3 is 2.78 bits per heavy atom. The molecule has 104 valence electrons. The molecule has 0 saturated carbocycles. The van der Waals surface area contributed by atoms with Gasteiger partial charge in [-0.1, -0.05) is 13.3 Å². The molecule has 1 aliphatic rings. The summed E-state index contributed by atoms with van der Waals surface area (Å²) in [7, 11) is 1.38. The van der Waals surface area contributed by atoms with Crippen LogP contribution in [-0.2, 0) is 14.3 Å². The summed E-state index contributed by atoms with van der Waals surface area (Å²) >= 11 is 0. The number of amides is 1. The minimum absolute atomic E-state index is 0.124. The molecule has 0 aromatic rings. The van der Waals surface area contributed by atoms with Crippen molar-refractivity contribution in [2.75, 3.05) is 26.7 Å². The average Bonchev–Trinajstić information content (AvgIpc) is 2.84. The molecule has 0 aliphatic carbocycles. The quantitative estimate of drug-likeness (QED) is 0.523. The summed E-state index contributed by atoms with van der Waals surface area (Å²) in [6, 6.07) is 0. The Balaban J connectivity index is 2.32. The molecular formula is C13H24N2O3. The second-order valence-corrected chi connectivity index (χ2v) is 4.89. The molecule has 0 radical (unpaired) electrons. The first-order valence-electron chi connectivity index (χ1n) is 6.70. The van der Waals surface area contributed by atoms with E-state index in [4.69, 9.17) is 0 Å². The summed E-state index contributed by atoms with van der Waals surface area (Å²) < 4.78 is 4.55. The Labute approximate surface area is 109 Å². The summed E-state index contributed by atoms with van der Waals surface area (Å²) in [4.78, 5) is 23.1. The predicted molar refractivity (Wildman–Crippen MR) is 69.1 cm³/mol. The zero-order valence-electron chi connectivity index (χ0n) is 11.4. The number of carbonyl (C=O) groups excluding carboxylic acids is 2. The van der Waals surface area contributed by atoms with Gasteiger partial charge in [-0.25, -0.2) is 0 Å².